The molecule has 1 saturated carbocycles. The molecule has 1 aromatic carbocycles. The molecule has 0 aromatic heterocycles. The van der Waals surface area contributed by atoms with Crippen molar-refractivity contribution in [2.75, 3.05) is 0 Å². The van der Waals surface area contributed by atoms with Crippen molar-refractivity contribution >= 4 is 11.4 Å². The number of rotatable bonds is 4. The first-order chi connectivity index (χ1) is 9.60. The molecule has 1 unspecified atom stereocenters. The average molecular weight is 290 g/mol. The summed E-state index contributed by atoms with van der Waals surface area (Å²) < 4.78 is 15.3. The molecule has 0 bridgehead atoms. The molecular formula is C16H22N2OS. The van der Waals surface area contributed by atoms with Crippen molar-refractivity contribution in [3.05, 3.63) is 29.8 Å². The van der Waals surface area contributed by atoms with Crippen LogP contribution >= 0.6 is 0 Å². The third kappa shape index (κ3) is 3.99. The van der Waals surface area contributed by atoms with Crippen molar-refractivity contribution in [3.63, 3.8) is 0 Å². The van der Waals surface area contributed by atoms with Crippen LogP contribution in [0.1, 0.15) is 38.2 Å². The van der Waals surface area contributed by atoms with Crippen molar-refractivity contribution in [2.45, 2.75) is 50.5 Å². The topological polar surface area (TPSA) is 58.9 Å². The van der Waals surface area contributed by atoms with Gasteiger partial charge in [-0.05, 0) is 43.7 Å². The maximum absolute atomic E-state index is 12.3. The van der Waals surface area contributed by atoms with Crippen LogP contribution in [-0.4, -0.2) is 10.6 Å². The molecular weight excluding hydrogens is 268 g/mol. The van der Waals surface area contributed by atoms with Gasteiger partial charge in [-0.1, -0.05) is 37.5 Å². The zero-order valence-electron chi connectivity index (χ0n) is 12.1. The quantitative estimate of drug-likeness (QED) is 0.865. The average Bonchev–Trinajstić information content (AvgIpc) is 2.46. The SMILES string of the molecule is Cc1ccc([S@+]([O-])NC(C#N)[C@H]2CC[C@H](C)CC2)cc1. The van der Waals surface area contributed by atoms with Crippen LogP contribution in [0, 0.1) is 30.1 Å². The predicted molar refractivity (Wildman–Crippen MR) is 81.2 cm³/mol. The molecule has 2 atom stereocenters. The summed E-state index contributed by atoms with van der Waals surface area (Å²) in [6.45, 7) is 4.26. The van der Waals surface area contributed by atoms with Crippen molar-refractivity contribution in [3.8, 4) is 6.07 Å². The highest BCUT2D eigenvalue weighted by molar-refractivity contribution is 7.89. The van der Waals surface area contributed by atoms with Gasteiger partial charge in [0.05, 0.1) is 17.4 Å². The number of hydrogen-bond donors (Lipinski definition) is 1. The molecule has 1 fully saturated rings. The second-order valence-electron chi connectivity index (χ2n) is 5.83. The molecule has 0 heterocycles. The summed E-state index contributed by atoms with van der Waals surface area (Å²) in [4.78, 5) is 0.736. The first kappa shape index (κ1) is 15.4. The monoisotopic (exact) mass is 290 g/mol. The Labute approximate surface area is 124 Å². The summed E-state index contributed by atoms with van der Waals surface area (Å²) >= 11 is -1.30. The van der Waals surface area contributed by atoms with Gasteiger partial charge in [0.2, 0.25) is 0 Å². The maximum atomic E-state index is 12.3. The Bertz CT molecular complexity index is 460. The van der Waals surface area contributed by atoms with E-state index in [0.29, 0.717) is 5.92 Å². The zero-order chi connectivity index (χ0) is 14.5. The van der Waals surface area contributed by atoms with Gasteiger partial charge < -0.3 is 4.55 Å². The highest BCUT2D eigenvalue weighted by Crippen LogP contribution is 2.30. The molecule has 0 radical (unpaired) electrons. The van der Waals surface area contributed by atoms with Crippen molar-refractivity contribution < 1.29 is 4.55 Å². The van der Waals surface area contributed by atoms with E-state index in [-0.39, 0.29) is 6.04 Å². The van der Waals surface area contributed by atoms with Gasteiger partial charge in [-0.2, -0.15) is 5.26 Å². The minimum Gasteiger partial charge on any atom is -0.593 e. The van der Waals surface area contributed by atoms with Crippen LogP contribution in [0.25, 0.3) is 0 Å². The smallest absolute Gasteiger partial charge is 0.173 e. The van der Waals surface area contributed by atoms with Gasteiger partial charge in [0.25, 0.3) is 0 Å². The number of hydrogen-bond acceptors (Lipinski definition) is 3. The molecule has 0 spiro atoms. The van der Waals surface area contributed by atoms with Gasteiger partial charge >= 0.3 is 0 Å². The van der Waals surface area contributed by atoms with Crippen LogP contribution in [0.15, 0.2) is 29.2 Å². The number of aryl methyl sites for hydroxylation is 1. The molecule has 0 saturated heterocycles. The van der Waals surface area contributed by atoms with E-state index in [0.717, 1.165) is 29.2 Å². The Hall–Kier alpha value is -1.02. The standard InChI is InChI=1S/C16H22N2OS/c1-12-3-7-14(8-4-12)16(11-17)18-20(19)15-9-5-13(2)6-10-15/h5-6,9-10,12,14,16,18H,3-4,7-8H2,1-2H3/t12-,14-,16?,20-/m0/s1. The van der Waals surface area contributed by atoms with Gasteiger partial charge in [0.1, 0.15) is 6.04 Å². The van der Waals surface area contributed by atoms with E-state index in [2.05, 4.69) is 17.7 Å². The molecule has 3 nitrogen and oxygen atoms in total. The van der Waals surface area contributed by atoms with Crippen molar-refractivity contribution in [2.24, 2.45) is 11.8 Å². The molecule has 1 aliphatic carbocycles. The van der Waals surface area contributed by atoms with Gasteiger partial charge in [-0.25, -0.2) is 0 Å². The van der Waals surface area contributed by atoms with Gasteiger partial charge in [-0.15, -0.1) is 4.72 Å². The van der Waals surface area contributed by atoms with Crippen molar-refractivity contribution in [1.29, 1.82) is 5.26 Å². The fraction of sp³-hybridized carbons (Fsp3) is 0.562. The lowest BCUT2D eigenvalue weighted by Crippen LogP contribution is -2.40. The zero-order valence-corrected chi connectivity index (χ0v) is 13.0. The third-order valence-electron chi connectivity index (χ3n) is 4.14. The fourth-order valence-electron chi connectivity index (χ4n) is 2.69. The van der Waals surface area contributed by atoms with Gasteiger partial charge in [-0.3, -0.25) is 0 Å². The largest absolute Gasteiger partial charge is 0.593 e. The summed E-state index contributed by atoms with van der Waals surface area (Å²) in [5.41, 5.74) is 1.14. The first-order valence-electron chi connectivity index (χ1n) is 7.24. The Morgan fingerprint density at radius 3 is 2.40 bits per heavy atom. The van der Waals surface area contributed by atoms with Crippen LogP contribution < -0.4 is 4.72 Å². The molecule has 1 N–H and O–H groups in total. The first-order valence-corrected chi connectivity index (χ1v) is 8.39. The fourth-order valence-corrected chi connectivity index (χ4v) is 3.69. The maximum Gasteiger partial charge on any atom is 0.173 e. The van der Waals surface area contributed by atoms with E-state index in [1.54, 1.807) is 0 Å². The Kier molecular flexibility index (Phi) is 5.47. The summed E-state index contributed by atoms with van der Waals surface area (Å²) in [7, 11) is 0. The second kappa shape index (κ2) is 7.12. The number of nitrogens with one attached hydrogen (secondary N) is 1. The Morgan fingerprint density at radius 2 is 1.85 bits per heavy atom. The highest BCUT2D eigenvalue weighted by Gasteiger charge is 2.29. The summed E-state index contributed by atoms with van der Waals surface area (Å²) in [5.74, 6) is 1.08. The normalized spacial score (nSPS) is 25.7. The predicted octanol–water partition coefficient (Wildman–Crippen LogP) is 3.33. The van der Waals surface area contributed by atoms with E-state index < -0.39 is 11.4 Å². The van der Waals surface area contributed by atoms with E-state index in [1.807, 2.05) is 31.2 Å². The summed E-state index contributed by atoms with van der Waals surface area (Å²) in [6.07, 6.45) is 4.44. The van der Waals surface area contributed by atoms with Crippen LogP contribution in [0.5, 0.6) is 0 Å². The van der Waals surface area contributed by atoms with Crippen LogP contribution in [0.3, 0.4) is 0 Å². The Balaban J connectivity index is 1.96. The lowest BCUT2D eigenvalue weighted by Gasteiger charge is -2.29. The third-order valence-corrected chi connectivity index (χ3v) is 5.31. The van der Waals surface area contributed by atoms with E-state index in [1.165, 1.54) is 12.8 Å². The van der Waals surface area contributed by atoms with E-state index in [9.17, 15) is 9.81 Å². The van der Waals surface area contributed by atoms with Gasteiger partial charge in [0, 0.05) is 0 Å². The Morgan fingerprint density at radius 1 is 1.25 bits per heavy atom. The van der Waals surface area contributed by atoms with E-state index in [4.69, 9.17) is 0 Å². The second-order valence-corrected chi connectivity index (χ2v) is 7.07. The molecule has 4 heteroatoms. The van der Waals surface area contributed by atoms with Crippen LogP contribution in [0.2, 0.25) is 0 Å². The summed E-state index contributed by atoms with van der Waals surface area (Å²) in [5, 5.41) is 9.34. The van der Waals surface area contributed by atoms with E-state index >= 15 is 0 Å². The molecule has 20 heavy (non-hydrogen) atoms. The lowest BCUT2D eigenvalue weighted by molar-refractivity contribution is 0.268. The van der Waals surface area contributed by atoms with Crippen LogP contribution in [-0.2, 0) is 11.4 Å². The molecule has 2 rings (SSSR count). The number of nitriles is 1. The van der Waals surface area contributed by atoms with Gasteiger partial charge in [0.15, 0.2) is 4.90 Å². The lowest BCUT2D eigenvalue weighted by atomic mass is 9.80. The molecule has 1 aliphatic rings. The van der Waals surface area contributed by atoms with Crippen LogP contribution in [0.4, 0.5) is 0 Å². The minimum absolute atomic E-state index is 0.315. The molecule has 1 aromatic rings. The number of nitrogens with zero attached hydrogens (tertiary/aromatic N) is 1. The minimum atomic E-state index is -1.30. The molecule has 0 amide bonds. The summed E-state index contributed by atoms with van der Waals surface area (Å²) in [6, 6.07) is 9.58. The number of benzene rings is 1. The molecule has 108 valence electrons. The molecule has 0 aliphatic heterocycles. The van der Waals surface area contributed by atoms with Crippen molar-refractivity contribution in [1.82, 2.24) is 4.72 Å². The highest BCUT2D eigenvalue weighted by atomic mass is 32.2.